The van der Waals surface area contributed by atoms with Crippen molar-refractivity contribution in [3.8, 4) is 0 Å². The van der Waals surface area contributed by atoms with E-state index < -0.39 is 0 Å². The fourth-order valence-electron chi connectivity index (χ4n) is 10.1. The Kier molecular flexibility index (Phi) is 5.54. The lowest BCUT2D eigenvalue weighted by molar-refractivity contribution is 0.0136. The normalized spacial score (nSPS) is 40.3. The Bertz CT molecular complexity index is 934. The zero-order valence-corrected chi connectivity index (χ0v) is 22.9. The number of hydrogen-bond donors (Lipinski definition) is 1. The zero-order chi connectivity index (χ0) is 23.8. The lowest BCUT2D eigenvalue weighted by Gasteiger charge is -2.61. The summed E-state index contributed by atoms with van der Waals surface area (Å²) in [6.07, 6.45) is 15.9. The highest BCUT2D eigenvalue weighted by molar-refractivity contribution is 5.44. The van der Waals surface area contributed by atoms with Gasteiger partial charge < -0.3 is 0 Å². The minimum absolute atomic E-state index is 0.183. The highest BCUT2D eigenvalue weighted by Gasteiger charge is 2.63. The Balaban J connectivity index is 1.48. The maximum absolute atomic E-state index is 4.49. The number of nitrogens with one attached hydrogen (secondary N) is 1. The third-order valence-electron chi connectivity index (χ3n) is 12.0. The molecule has 0 amide bonds. The molecule has 1 saturated carbocycles. The second kappa shape index (κ2) is 7.72. The van der Waals surface area contributed by atoms with Gasteiger partial charge in [0.15, 0.2) is 0 Å². The van der Waals surface area contributed by atoms with Crippen molar-refractivity contribution in [3.63, 3.8) is 0 Å². The van der Waals surface area contributed by atoms with Crippen LogP contribution in [0, 0.1) is 39.9 Å². The minimum Gasteiger partial charge on any atom is -0.282 e. The number of nitrogens with zero attached hydrogens (tertiary/aromatic N) is 1. The molecule has 1 aromatic heterocycles. The lowest BCUT2D eigenvalue weighted by atomic mass is 9.43. The molecule has 0 aliphatic heterocycles. The maximum atomic E-state index is 4.49. The Hall–Kier alpha value is -1.05. The van der Waals surface area contributed by atoms with Crippen LogP contribution in [0.5, 0.6) is 0 Å². The molecular formula is C31H50N2. The van der Waals surface area contributed by atoms with Crippen LogP contribution in [0.3, 0.4) is 0 Å². The van der Waals surface area contributed by atoms with E-state index in [4.69, 9.17) is 0 Å². The van der Waals surface area contributed by atoms with E-state index in [0.29, 0.717) is 16.2 Å². The van der Waals surface area contributed by atoms with Crippen LogP contribution in [-0.2, 0) is 11.8 Å². The maximum Gasteiger partial charge on any atom is 0.0522 e. The monoisotopic (exact) mass is 450 g/mol. The van der Waals surface area contributed by atoms with Gasteiger partial charge in [-0.15, -0.1) is 0 Å². The van der Waals surface area contributed by atoms with Crippen molar-refractivity contribution < 1.29 is 0 Å². The molecule has 0 saturated heterocycles. The van der Waals surface area contributed by atoms with E-state index >= 15 is 0 Å². The summed E-state index contributed by atoms with van der Waals surface area (Å²) in [4.78, 5) is 0. The minimum atomic E-state index is 0.183. The Morgan fingerprint density at radius 2 is 1.73 bits per heavy atom. The molecule has 1 N–H and O–H groups in total. The van der Waals surface area contributed by atoms with E-state index in [9.17, 15) is 0 Å². The Labute approximate surface area is 203 Å². The third kappa shape index (κ3) is 3.21. The first-order valence-electron chi connectivity index (χ1n) is 14.2. The van der Waals surface area contributed by atoms with Gasteiger partial charge in [-0.25, -0.2) is 0 Å². The standard InChI is InChI=1S/C31H50N2/c1-20(2)10-9-11-21(3)23-14-16-31(8)25-12-13-26-28(4,5)27-22(19-32-33-27)18-29(26,6)24(25)15-17-30(23,31)7/h19-21,23,26H,9-18H2,1-8H3,(H,32,33)/t21-,23-,26-,29+,30+,31-/m0/s1. The van der Waals surface area contributed by atoms with Crippen LogP contribution in [0.1, 0.15) is 124 Å². The van der Waals surface area contributed by atoms with Crippen molar-refractivity contribution in [3.05, 3.63) is 28.6 Å². The van der Waals surface area contributed by atoms with E-state index in [1.54, 1.807) is 0 Å². The average Bonchev–Trinajstić information content (AvgIpc) is 3.30. The lowest BCUT2D eigenvalue weighted by Crippen LogP contribution is -2.53. The van der Waals surface area contributed by atoms with Gasteiger partial charge in [-0.2, -0.15) is 5.10 Å². The van der Waals surface area contributed by atoms with E-state index in [2.05, 4.69) is 71.8 Å². The molecule has 184 valence electrons. The molecule has 5 rings (SSSR count). The second-order valence-electron chi connectivity index (χ2n) is 14.3. The third-order valence-corrected chi connectivity index (χ3v) is 12.0. The fraction of sp³-hybridized carbons (Fsp3) is 0.839. The average molecular weight is 451 g/mol. The summed E-state index contributed by atoms with van der Waals surface area (Å²) < 4.78 is 0. The molecule has 2 nitrogen and oxygen atoms in total. The summed E-state index contributed by atoms with van der Waals surface area (Å²) in [6.45, 7) is 20.4. The first kappa shape index (κ1) is 23.7. The topological polar surface area (TPSA) is 28.7 Å². The van der Waals surface area contributed by atoms with Crippen molar-refractivity contribution in [1.29, 1.82) is 0 Å². The van der Waals surface area contributed by atoms with E-state index in [1.165, 1.54) is 75.5 Å². The fourth-order valence-corrected chi connectivity index (χ4v) is 10.1. The number of hydrogen-bond acceptors (Lipinski definition) is 1. The van der Waals surface area contributed by atoms with Crippen LogP contribution < -0.4 is 0 Å². The van der Waals surface area contributed by atoms with Crippen molar-refractivity contribution >= 4 is 0 Å². The number of fused-ring (bicyclic) bond motifs is 5. The number of allylic oxidation sites excluding steroid dienone is 2. The van der Waals surface area contributed by atoms with Gasteiger partial charge in [-0.05, 0) is 90.4 Å². The van der Waals surface area contributed by atoms with Crippen LogP contribution in [-0.4, -0.2) is 10.2 Å². The van der Waals surface area contributed by atoms with E-state index in [1.807, 2.05) is 11.1 Å². The summed E-state index contributed by atoms with van der Waals surface area (Å²) in [5.41, 5.74) is 8.07. The number of aromatic amines is 1. The van der Waals surface area contributed by atoms with Crippen molar-refractivity contribution in [2.45, 2.75) is 125 Å². The molecule has 1 heterocycles. The molecule has 0 aromatic carbocycles. The first-order chi connectivity index (χ1) is 15.4. The largest absolute Gasteiger partial charge is 0.282 e. The molecule has 4 aliphatic carbocycles. The SMILES string of the molecule is CC(C)CCC[C@H](C)[C@@H]1CC[C@@]2(C)C3=C(CC[C@]12C)[C@@]1(C)Cc2cn[nH]c2C(C)(C)[C@@H]1CC3. The second-order valence-corrected chi connectivity index (χ2v) is 14.3. The van der Waals surface area contributed by atoms with Crippen LogP contribution in [0.15, 0.2) is 17.3 Å². The van der Waals surface area contributed by atoms with Crippen LogP contribution >= 0.6 is 0 Å². The molecule has 2 heteroatoms. The molecule has 0 spiro atoms. The van der Waals surface area contributed by atoms with E-state index in [-0.39, 0.29) is 5.41 Å². The van der Waals surface area contributed by atoms with Gasteiger partial charge in [0.2, 0.25) is 0 Å². The van der Waals surface area contributed by atoms with Crippen molar-refractivity contribution in [2.75, 3.05) is 0 Å². The molecule has 1 aromatic rings. The van der Waals surface area contributed by atoms with Crippen molar-refractivity contribution in [2.24, 2.45) is 39.9 Å². The van der Waals surface area contributed by atoms with Gasteiger partial charge in [0.1, 0.15) is 0 Å². The zero-order valence-electron chi connectivity index (χ0n) is 22.9. The summed E-state index contributed by atoms with van der Waals surface area (Å²) in [5, 5.41) is 7.89. The summed E-state index contributed by atoms with van der Waals surface area (Å²) in [6, 6.07) is 0. The molecule has 0 bridgehead atoms. The summed E-state index contributed by atoms with van der Waals surface area (Å²) >= 11 is 0. The predicted octanol–water partition coefficient (Wildman–Crippen LogP) is 8.64. The number of rotatable bonds is 5. The van der Waals surface area contributed by atoms with Gasteiger partial charge in [-0.3, -0.25) is 5.10 Å². The van der Waals surface area contributed by atoms with Gasteiger partial charge in [-0.1, -0.05) is 85.8 Å². The molecule has 4 aliphatic rings. The number of aromatic nitrogens is 2. The summed E-state index contributed by atoms with van der Waals surface area (Å²) in [7, 11) is 0. The predicted molar refractivity (Wildman–Crippen MR) is 139 cm³/mol. The Morgan fingerprint density at radius 3 is 2.45 bits per heavy atom. The van der Waals surface area contributed by atoms with Gasteiger partial charge >= 0.3 is 0 Å². The van der Waals surface area contributed by atoms with Gasteiger partial charge in [0, 0.05) is 11.1 Å². The molecular weight excluding hydrogens is 400 g/mol. The van der Waals surface area contributed by atoms with Crippen LogP contribution in [0.25, 0.3) is 0 Å². The molecule has 1 fully saturated rings. The molecule has 33 heavy (non-hydrogen) atoms. The van der Waals surface area contributed by atoms with Crippen molar-refractivity contribution in [1.82, 2.24) is 10.2 Å². The molecule has 0 unspecified atom stereocenters. The van der Waals surface area contributed by atoms with E-state index in [0.717, 1.165) is 23.7 Å². The highest BCUT2D eigenvalue weighted by atomic mass is 15.1. The highest BCUT2D eigenvalue weighted by Crippen LogP contribution is 2.72. The quantitative estimate of drug-likeness (QED) is 0.447. The van der Waals surface area contributed by atoms with Crippen LogP contribution in [0.2, 0.25) is 0 Å². The Morgan fingerprint density at radius 1 is 0.970 bits per heavy atom. The van der Waals surface area contributed by atoms with Gasteiger partial charge in [0.25, 0.3) is 0 Å². The first-order valence-corrected chi connectivity index (χ1v) is 14.2. The molecule has 0 radical (unpaired) electrons. The van der Waals surface area contributed by atoms with Crippen LogP contribution in [0.4, 0.5) is 0 Å². The molecule has 6 atom stereocenters. The van der Waals surface area contributed by atoms with Gasteiger partial charge in [0.05, 0.1) is 6.20 Å². The smallest absolute Gasteiger partial charge is 0.0522 e. The number of H-pyrrole nitrogens is 1. The summed E-state index contributed by atoms with van der Waals surface area (Å²) in [5.74, 6) is 3.33.